The van der Waals surface area contributed by atoms with Gasteiger partial charge in [-0.25, -0.2) is 10.4 Å². The first-order valence-electron chi connectivity index (χ1n) is 8.51. The van der Waals surface area contributed by atoms with Crippen molar-refractivity contribution in [2.24, 2.45) is 11.0 Å². The number of amides is 1. The van der Waals surface area contributed by atoms with Crippen molar-refractivity contribution in [3.05, 3.63) is 39.9 Å². The minimum atomic E-state index is -0.290. The van der Waals surface area contributed by atoms with E-state index in [4.69, 9.17) is 0 Å². The monoisotopic (exact) mass is 326 g/mol. The van der Waals surface area contributed by atoms with E-state index in [-0.39, 0.29) is 11.5 Å². The van der Waals surface area contributed by atoms with Crippen LogP contribution in [0.5, 0.6) is 0 Å². The summed E-state index contributed by atoms with van der Waals surface area (Å²) in [5.41, 5.74) is 3.56. The number of aromatic nitrogens is 2. The Labute approximate surface area is 140 Å². The van der Waals surface area contributed by atoms with Crippen molar-refractivity contribution in [3.63, 3.8) is 0 Å². The maximum absolute atomic E-state index is 12.4. The molecule has 2 aromatic rings. The maximum atomic E-state index is 12.4. The van der Waals surface area contributed by atoms with Gasteiger partial charge >= 0.3 is 0 Å². The lowest BCUT2D eigenvalue weighted by Gasteiger charge is -2.07. The number of rotatable bonds is 5. The Morgan fingerprint density at radius 1 is 1.42 bits per heavy atom. The highest BCUT2D eigenvalue weighted by atomic mass is 16.2. The molecule has 6 nitrogen and oxygen atoms in total. The zero-order valence-electron chi connectivity index (χ0n) is 14.1. The molecule has 1 aliphatic rings. The summed E-state index contributed by atoms with van der Waals surface area (Å²) in [6.07, 6.45) is 5.50. The van der Waals surface area contributed by atoms with Crippen molar-refractivity contribution in [1.29, 1.82) is 0 Å². The molecule has 1 aromatic heterocycles. The van der Waals surface area contributed by atoms with Crippen LogP contribution in [0.2, 0.25) is 0 Å². The summed E-state index contributed by atoms with van der Waals surface area (Å²) in [5.74, 6) is 0.879. The smallest absolute Gasteiger partial charge is 0.271 e. The Kier molecular flexibility index (Phi) is 4.74. The molecule has 0 aliphatic carbocycles. The van der Waals surface area contributed by atoms with Crippen molar-refractivity contribution in [2.75, 3.05) is 0 Å². The third-order valence-electron chi connectivity index (χ3n) is 4.58. The van der Waals surface area contributed by atoms with Crippen LogP contribution < -0.4 is 11.0 Å². The van der Waals surface area contributed by atoms with Gasteiger partial charge in [0.05, 0.1) is 10.9 Å². The molecular formula is C18H22N4O2. The van der Waals surface area contributed by atoms with Gasteiger partial charge in [0.2, 0.25) is 0 Å². The van der Waals surface area contributed by atoms with E-state index in [9.17, 15) is 9.59 Å². The van der Waals surface area contributed by atoms with Gasteiger partial charge in [-0.15, -0.1) is 0 Å². The van der Waals surface area contributed by atoms with Gasteiger partial charge in [-0.3, -0.25) is 14.2 Å². The number of nitrogens with zero attached hydrogens (tertiary/aromatic N) is 3. The van der Waals surface area contributed by atoms with Crippen molar-refractivity contribution >= 4 is 23.0 Å². The van der Waals surface area contributed by atoms with Gasteiger partial charge in [0.15, 0.2) is 0 Å². The van der Waals surface area contributed by atoms with Crippen molar-refractivity contribution in [1.82, 2.24) is 15.0 Å². The van der Waals surface area contributed by atoms with Gasteiger partial charge < -0.3 is 0 Å². The van der Waals surface area contributed by atoms with Gasteiger partial charge in [-0.2, -0.15) is 5.10 Å². The molecule has 2 heterocycles. The van der Waals surface area contributed by atoms with E-state index in [1.807, 2.05) is 0 Å². The summed E-state index contributed by atoms with van der Waals surface area (Å²) in [5, 5.41) is 4.59. The van der Waals surface area contributed by atoms with Crippen LogP contribution in [0, 0.1) is 5.92 Å². The molecule has 24 heavy (non-hydrogen) atoms. The second kappa shape index (κ2) is 6.95. The molecule has 1 amide bonds. The van der Waals surface area contributed by atoms with E-state index < -0.39 is 0 Å². The van der Waals surface area contributed by atoms with Gasteiger partial charge in [0.1, 0.15) is 5.82 Å². The molecule has 6 heteroatoms. The number of fused-ring (bicyclic) bond motifs is 2. The van der Waals surface area contributed by atoms with Crippen molar-refractivity contribution < 1.29 is 4.79 Å². The minimum Gasteiger partial charge on any atom is -0.296 e. The van der Waals surface area contributed by atoms with E-state index in [0.29, 0.717) is 22.4 Å². The van der Waals surface area contributed by atoms with Gasteiger partial charge in [-0.1, -0.05) is 13.8 Å². The van der Waals surface area contributed by atoms with Crippen LogP contribution in [0.15, 0.2) is 28.1 Å². The minimum absolute atomic E-state index is 0.0220. The molecule has 1 N–H and O–H groups in total. The van der Waals surface area contributed by atoms with Crippen LogP contribution in [0.1, 0.15) is 49.3 Å². The van der Waals surface area contributed by atoms with Crippen molar-refractivity contribution in [2.45, 2.75) is 46.1 Å². The number of nitrogens with one attached hydrogen (secondary N) is 1. The first-order valence-corrected chi connectivity index (χ1v) is 8.51. The fourth-order valence-corrected chi connectivity index (χ4v) is 2.99. The summed E-state index contributed by atoms with van der Waals surface area (Å²) in [4.78, 5) is 29.2. The van der Waals surface area contributed by atoms with Crippen LogP contribution in [-0.4, -0.2) is 21.7 Å². The largest absolute Gasteiger partial charge is 0.296 e. The molecule has 126 valence electrons. The Morgan fingerprint density at radius 3 is 2.96 bits per heavy atom. The Hall–Kier alpha value is -2.50. The Morgan fingerprint density at radius 2 is 2.21 bits per heavy atom. The summed E-state index contributed by atoms with van der Waals surface area (Å²) in [6.45, 7) is 4.91. The second-order valence-electron chi connectivity index (χ2n) is 6.12. The molecule has 0 bridgehead atoms. The topological polar surface area (TPSA) is 76.3 Å². The quantitative estimate of drug-likeness (QED) is 0.677. The number of hydrogen-bond acceptors (Lipinski definition) is 4. The number of hydrazone groups is 1. The predicted molar refractivity (Wildman–Crippen MR) is 94.4 cm³/mol. The highest BCUT2D eigenvalue weighted by Crippen LogP contribution is 2.16. The molecule has 0 unspecified atom stereocenters. The SMILES string of the molecule is CCC(/C=N\NC(=O)c1ccc2c(=O)n3c(nc2c1)CCC3)CC. The summed E-state index contributed by atoms with van der Waals surface area (Å²) in [7, 11) is 0. The molecule has 0 saturated heterocycles. The lowest BCUT2D eigenvalue weighted by Crippen LogP contribution is -2.22. The van der Waals surface area contributed by atoms with E-state index in [1.54, 1.807) is 29.0 Å². The van der Waals surface area contributed by atoms with E-state index in [1.165, 1.54) is 0 Å². The van der Waals surface area contributed by atoms with Crippen LogP contribution >= 0.6 is 0 Å². The molecule has 0 fully saturated rings. The van der Waals surface area contributed by atoms with Gasteiger partial charge in [-0.05, 0) is 43.4 Å². The predicted octanol–water partition coefficient (Wildman–Crippen LogP) is 2.49. The van der Waals surface area contributed by atoms with E-state index in [2.05, 4.69) is 29.4 Å². The summed E-state index contributed by atoms with van der Waals surface area (Å²) in [6, 6.07) is 4.99. The second-order valence-corrected chi connectivity index (χ2v) is 6.12. The molecular weight excluding hydrogens is 304 g/mol. The summed E-state index contributed by atoms with van der Waals surface area (Å²) < 4.78 is 1.72. The van der Waals surface area contributed by atoms with Gasteiger partial charge in [0.25, 0.3) is 11.5 Å². The summed E-state index contributed by atoms with van der Waals surface area (Å²) >= 11 is 0. The van der Waals surface area contributed by atoms with Crippen molar-refractivity contribution in [3.8, 4) is 0 Å². The fourth-order valence-electron chi connectivity index (χ4n) is 2.99. The highest BCUT2D eigenvalue weighted by Gasteiger charge is 2.17. The molecule has 1 aromatic carbocycles. The van der Waals surface area contributed by atoms with Crippen LogP contribution in [-0.2, 0) is 13.0 Å². The fraction of sp³-hybridized carbons (Fsp3) is 0.444. The Bertz CT molecular complexity index is 850. The van der Waals surface area contributed by atoms with Crippen LogP contribution in [0.4, 0.5) is 0 Å². The van der Waals surface area contributed by atoms with Crippen LogP contribution in [0.25, 0.3) is 10.9 Å². The standard InChI is InChI=1S/C18H22N4O2/c1-3-12(4-2)11-19-21-17(23)13-7-8-14-15(10-13)20-16-6-5-9-22(16)18(14)24/h7-8,10-12H,3-6,9H2,1-2H3,(H,21,23)/b19-11-. The maximum Gasteiger partial charge on any atom is 0.271 e. The average Bonchev–Trinajstić information content (AvgIpc) is 3.07. The molecule has 3 rings (SSSR count). The highest BCUT2D eigenvalue weighted by molar-refractivity contribution is 5.97. The Balaban J connectivity index is 1.84. The number of carbonyl (C=O) groups is 1. The lowest BCUT2D eigenvalue weighted by atomic mass is 10.1. The number of hydrogen-bond donors (Lipinski definition) is 1. The number of aryl methyl sites for hydroxylation is 1. The molecule has 0 spiro atoms. The zero-order valence-corrected chi connectivity index (χ0v) is 14.1. The van der Waals surface area contributed by atoms with Crippen LogP contribution in [0.3, 0.4) is 0 Å². The number of benzene rings is 1. The average molecular weight is 326 g/mol. The first-order chi connectivity index (χ1) is 11.6. The zero-order chi connectivity index (χ0) is 17.1. The third kappa shape index (κ3) is 3.09. The number of carbonyl (C=O) groups excluding carboxylic acids is 1. The van der Waals surface area contributed by atoms with E-state index in [0.717, 1.165) is 38.1 Å². The molecule has 1 aliphatic heterocycles. The normalized spacial score (nSPS) is 13.8. The third-order valence-corrected chi connectivity index (χ3v) is 4.58. The molecule has 0 radical (unpaired) electrons. The first kappa shape index (κ1) is 16.4. The molecule has 0 saturated carbocycles. The molecule has 0 atom stereocenters. The van der Waals surface area contributed by atoms with Gasteiger partial charge in [0, 0.05) is 24.7 Å². The van der Waals surface area contributed by atoms with E-state index >= 15 is 0 Å². The lowest BCUT2D eigenvalue weighted by molar-refractivity contribution is 0.0955.